The van der Waals surface area contributed by atoms with Gasteiger partial charge in [-0.1, -0.05) is 61.6 Å². The topological polar surface area (TPSA) is 90.4 Å². The number of nitrogens with zero attached hydrogens (tertiary/aromatic N) is 3. The molecule has 8 heteroatoms. The highest BCUT2D eigenvalue weighted by atomic mass is 16.5. The predicted molar refractivity (Wildman–Crippen MR) is 129 cm³/mol. The molecule has 5 rings (SSSR count). The summed E-state index contributed by atoms with van der Waals surface area (Å²) in [5.74, 6) is -2.32. The molecule has 1 N–H and O–H groups in total. The van der Waals surface area contributed by atoms with Crippen LogP contribution in [0.15, 0.2) is 54.6 Å². The van der Waals surface area contributed by atoms with Gasteiger partial charge in [0.1, 0.15) is 11.6 Å². The molecule has 4 heterocycles. The Kier molecular flexibility index (Phi) is 5.84. The molecule has 8 nitrogen and oxygen atoms in total. The van der Waals surface area contributed by atoms with Crippen molar-refractivity contribution in [1.82, 2.24) is 14.7 Å². The molecule has 1 aromatic carbocycles. The third kappa shape index (κ3) is 3.45. The molecule has 0 radical (unpaired) electrons. The van der Waals surface area contributed by atoms with Gasteiger partial charge in [-0.05, 0) is 18.9 Å². The maximum atomic E-state index is 14.2. The highest BCUT2D eigenvalue weighted by molar-refractivity contribution is 6.00. The number of aliphatic hydroxyl groups is 1. The number of rotatable bonds is 5. The van der Waals surface area contributed by atoms with E-state index in [-0.39, 0.29) is 24.3 Å². The number of hydrogen-bond acceptors (Lipinski definition) is 5. The van der Waals surface area contributed by atoms with Gasteiger partial charge in [0.2, 0.25) is 17.7 Å². The third-order valence-electron chi connectivity index (χ3n) is 8.07. The number of benzene rings is 1. The second kappa shape index (κ2) is 8.60. The largest absolute Gasteiger partial charge is 0.394 e. The van der Waals surface area contributed by atoms with Crippen molar-refractivity contribution in [2.45, 2.75) is 50.1 Å². The summed E-state index contributed by atoms with van der Waals surface area (Å²) in [7, 11) is 1.72. The van der Waals surface area contributed by atoms with Crippen LogP contribution < -0.4 is 0 Å². The van der Waals surface area contributed by atoms with E-state index >= 15 is 0 Å². The zero-order chi connectivity index (χ0) is 25.0. The van der Waals surface area contributed by atoms with Gasteiger partial charge < -0.3 is 24.5 Å². The van der Waals surface area contributed by atoms with Gasteiger partial charge in [-0.25, -0.2) is 0 Å². The van der Waals surface area contributed by atoms with E-state index in [0.717, 1.165) is 5.56 Å². The fourth-order valence-electron chi connectivity index (χ4n) is 6.38. The first-order valence-electron chi connectivity index (χ1n) is 12.3. The summed E-state index contributed by atoms with van der Waals surface area (Å²) >= 11 is 0. The van der Waals surface area contributed by atoms with E-state index in [0.29, 0.717) is 26.1 Å². The number of likely N-dealkylation sites (N-methyl/N-ethyl adjacent to an activating group) is 1. The molecule has 3 amide bonds. The fraction of sp³-hybridized carbons (Fsp3) is 0.519. The first-order valence-corrected chi connectivity index (χ1v) is 12.3. The summed E-state index contributed by atoms with van der Waals surface area (Å²) in [6.45, 7) is 4.63. The number of ether oxygens (including phenoxy) is 1. The van der Waals surface area contributed by atoms with Crippen LogP contribution in [0.4, 0.5) is 0 Å². The minimum Gasteiger partial charge on any atom is -0.394 e. The molecule has 4 aliphatic rings. The first-order chi connectivity index (χ1) is 16.8. The Labute approximate surface area is 205 Å². The average Bonchev–Trinajstić information content (AvgIpc) is 3.13. The van der Waals surface area contributed by atoms with Crippen molar-refractivity contribution < 1.29 is 24.2 Å². The van der Waals surface area contributed by atoms with Gasteiger partial charge in [-0.3, -0.25) is 14.4 Å². The molecule has 1 aromatic rings. The molecule has 2 fully saturated rings. The van der Waals surface area contributed by atoms with Crippen molar-refractivity contribution in [3.63, 3.8) is 0 Å². The lowest BCUT2D eigenvalue weighted by molar-refractivity contribution is -0.155. The van der Waals surface area contributed by atoms with Crippen molar-refractivity contribution in [3.05, 3.63) is 60.2 Å². The molecule has 6 atom stereocenters. The number of fused-ring (bicyclic) bond motifs is 2. The van der Waals surface area contributed by atoms with Crippen LogP contribution in [-0.2, 0) is 25.7 Å². The van der Waals surface area contributed by atoms with Crippen LogP contribution in [0, 0.1) is 11.8 Å². The zero-order valence-corrected chi connectivity index (χ0v) is 20.5. The Balaban J connectivity index is 1.63. The first kappa shape index (κ1) is 23.8. The average molecular weight is 480 g/mol. The van der Waals surface area contributed by atoms with Crippen LogP contribution in [-0.4, -0.2) is 87.6 Å². The van der Waals surface area contributed by atoms with Crippen LogP contribution >= 0.6 is 0 Å². The molecule has 186 valence electrons. The number of amides is 3. The smallest absolute Gasteiger partial charge is 0.249 e. The standard InChI is InChI=1S/C27H33N3O5/c1-4-19(17-31)30-22-25(34)29(16-18-10-6-5-7-11-18)15-9-13-27(22)21(24(30)33)20-23(32)28(3)14-8-12-26(20,2)35-27/h5-13,19-22,31H,4,14-17H2,1-3H3/t19-,20-,21-,22?,26+,27-/m0/s1. The number of carbonyl (C=O) groups excluding carboxylic acids is 3. The zero-order valence-electron chi connectivity index (χ0n) is 20.5. The van der Waals surface area contributed by atoms with E-state index in [2.05, 4.69) is 0 Å². The SMILES string of the molecule is CC[C@@H](CO)N1C(=O)[C@@H]2[C@H]3C(=O)N(C)CC=C[C@@]3(C)O[C@@]23C=CCN(Cc2ccccc2)C(=O)C13. The van der Waals surface area contributed by atoms with E-state index in [9.17, 15) is 19.5 Å². The monoisotopic (exact) mass is 479 g/mol. The lowest BCUT2D eigenvalue weighted by Crippen LogP contribution is -2.58. The van der Waals surface area contributed by atoms with Gasteiger partial charge >= 0.3 is 0 Å². The second-order valence-corrected chi connectivity index (χ2v) is 10.2. The molecule has 2 saturated heterocycles. The molecule has 35 heavy (non-hydrogen) atoms. The van der Waals surface area contributed by atoms with Crippen molar-refractivity contribution >= 4 is 17.7 Å². The summed E-state index contributed by atoms with van der Waals surface area (Å²) < 4.78 is 6.74. The molecule has 0 aliphatic carbocycles. The molecule has 0 aromatic heterocycles. The number of likely N-dealkylation sites (tertiary alicyclic amines) is 1. The molecule has 1 spiro atoms. The van der Waals surface area contributed by atoms with Gasteiger partial charge in [0.25, 0.3) is 0 Å². The number of aliphatic hydroxyl groups excluding tert-OH is 1. The Morgan fingerprint density at radius 3 is 2.43 bits per heavy atom. The molecule has 0 bridgehead atoms. The Bertz CT molecular complexity index is 1080. The quantitative estimate of drug-likeness (QED) is 0.644. The van der Waals surface area contributed by atoms with E-state index in [4.69, 9.17) is 4.74 Å². The maximum absolute atomic E-state index is 14.2. The normalized spacial score (nSPS) is 35.0. The summed E-state index contributed by atoms with van der Waals surface area (Å²) in [6, 6.07) is 8.20. The highest BCUT2D eigenvalue weighted by Crippen LogP contribution is 2.57. The lowest BCUT2D eigenvalue weighted by atomic mass is 9.74. The molecular formula is C27H33N3O5. The minimum absolute atomic E-state index is 0.170. The van der Waals surface area contributed by atoms with Crippen LogP contribution in [0.5, 0.6) is 0 Å². The van der Waals surface area contributed by atoms with E-state index in [1.807, 2.05) is 68.5 Å². The maximum Gasteiger partial charge on any atom is 0.249 e. The van der Waals surface area contributed by atoms with Gasteiger partial charge in [-0.2, -0.15) is 0 Å². The van der Waals surface area contributed by atoms with E-state index in [1.165, 1.54) is 4.90 Å². The molecule has 1 unspecified atom stereocenters. The number of hydrogen-bond donors (Lipinski definition) is 1. The summed E-state index contributed by atoms with van der Waals surface area (Å²) in [5, 5.41) is 10.2. The van der Waals surface area contributed by atoms with Crippen LogP contribution in [0.1, 0.15) is 25.8 Å². The van der Waals surface area contributed by atoms with Crippen molar-refractivity contribution in [3.8, 4) is 0 Å². The molecule has 4 aliphatic heterocycles. The van der Waals surface area contributed by atoms with Gasteiger partial charge in [0.05, 0.1) is 30.1 Å². The predicted octanol–water partition coefficient (Wildman–Crippen LogP) is 1.36. The van der Waals surface area contributed by atoms with E-state index in [1.54, 1.807) is 16.8 Å². The van der Waals surface area contributed by atoms with Crippen molar-refractivity contribution in [1.29, 1.82) is 0 Å². The highest BCUT2D eigenvalue weighted by Gasteiger charge is 2.75. The number of carbonyl (C=O) groups is 3. The molecular weight excluding hydrogens is 446 g/mol. The Morgan fingerprint density at radius 1 is 1.03 bits per heavy atom. The van der Waals surface area contributed by atoms with E-state index < -0.39 is 35.1 Å². The van der Waals surface area contributed by atoms with Gasteiger partial charge in [-0.15, -0.1) is 0 Å². The van der Waals surface area contributed by atoms with Crippen LogP contribution in [0.2, 0.25) is 0 Å². The Morgan fingerprint density at radius 2 is 1.74 bits per heavy atom. The van der Waals surface area contributed by atoms with Crippen molar-refractivity contribution in [2.24, 2.45) is 11.8 Å². The molecule has 0 saturated carbocycles. The van der Waals surface area contributed by atoms with Crippen LogP contribution in [0.25, 0.3) is 0 Å². The van der Waals surface area contributed by atoms with Gasteiger partial charge in [0.15, 0.2) is 0 Å². The fourth-order valence-corrected chi connectivity index (χ4v) is 6.38. The summed E-state index contributed by atoms with van der Waals surface area (Å²) in [4.78, 5) is 46.7. The van der Waals surface area contributed by atoms with Crippen LogP contribution in [0.3, 0.4) is 0 Å². The van der Waals surface area contributed by atoms with Gasteiger partial charge in [0, 0.05) is 26.7 Å². The second-order valence-electron chi connectivity index (χ2n) is 10.2. The summed E-state index contributed by atoms with van der Waals surface area (Å²) in [5.41, 5.74) is -1.33. The summed E-state index contributed by atoms with van der Waals surface area (Å²) in [6.07, 6.45) is 7.96. The minimum atomic E-state index is -1.29. The Hall–Kier alpha value is -2.97. The van der Waals surface area contributed by atoms with Crippen molar-refractivity contribution in [2.75, 3.05) is 26.7 Å². The third-order valence-corrected chi connectivity index (χ3v) is 8.07. The lowest BCUT2D eigenvalue weighted by Gasteiger charge is -2.40.